The molecular weight excluding hydrogens is 220 g/mol. The van der Waals surface area contributed by atoms with Crippen molar-refractivity contribution in [1.82, 2.24) is 0 Å². The normalized spacial score (nSPS) is 10.4. The van der Waals surface area contributed by atoms with Gasteiger partial charge in [0.1, 0.15) is 5.69 Å². The number of nitrogens with one attached hydrogen (secondary N) is 1. The van der Waals surface area contributed by atoms with E-state index in [4.69, 9.17) is 4.74 Å². The van der Waals surface area contributed by atoms with Gasteiger partial charge in [-0.05, 0) is 24.5 Å². The Hall–Kier alpha value is -1.78. The maximum atomic E-state index is 11.0. The molecule has 5 heteroatoms. The van der Waals surface area contributed by atoms with E-state index < -0.39 is 4.92 Å². The van der Waals surface area contributed by atoms with Crippen LogP contribution in [-0.4, -0.2) is 18.6 Å². The van der Waals surface area contributed by atoms with Gasteiger partial charge in [0.25, 0.3) is 0 Å². The van der Waals surface area contributed by atoms with Crippen LogP contribution in [0.2, 0.25) is 0 Å². The number of hydrogen-bond acceptors (Lipinski definition) is 4. The number of methoxy groups -OCH3 is 1. The van der Waals surface area contributed by atoms with Gasteiger partial charge < -0.3 is 10.1 Å². The minimum atomic E-state index is -0.420. The van der Waals surface area contributed by atoms with Crippen LogP contribution in [-0.2, 0) is 0 Å². The lowest BCUT2D eigenvalue weighted by Gasteiger charge is -2.10. The SMILES string of the molecule is COc1cccc(NCCC(C)C)c1[N+](=O)[O-]. The van der Waals surface area contributed by atoms with E-state index in [1.165, 1.54) is 7.11 Å². The minimum absolute atomic E-state index is 0.00115. The summed E-state index contributed by atoms with van der Waals surface area (Å²) in [4.78, 5) is 10.6. The summed E-state index contributed by atoms with van der Waals surface area (Å²) >= 11 is 0. The van der Waals surface area contributed by atoms with Gasteiger partial charge >= 0.3 is 5.69 Å². The Morgan fingerprint density at radius 2 is 2.18 bits per heavy atom. The van der Waals surface area contributed by atoms with Gasteiger partial charge in [0.2, 0.25) is 0 Å². The molecule has 1 N–H and O–H groups in total. The molecule has 0 amide bonds. The van der Waals surface area contributed by atoms with Crippen LogP contribution in [0.15, 0.2) is 18.2 Å². The average Bonchev–Trinajstić information content (AvgIpc) is 2.27. The van der Waals surface area contributed by atoms with Crippen molar-refractivity contribution in [2.24, 2.45) is 5.92 Å². The molecule has 1 aromatic rings. The van der Waals surface area contributed by atoms with Crippen LogP contribution in [0.5, 0.6) is 5.75 Å². The molecule has 0 unspecified atom stereocenters. The van der Waals surface area contributed by atoms with Crippen molar-refractivity contribution in [3.8, 4) is 5.75 Å². The number of ether oxygens (including phenoxy) is 1. The molecule has 0 atom stereocenters. The predicted molar refractivity (Wildman–Crippen MR) is 67.6 cm³/mol. The molecule has 0 bridgehead atoms. The van der Waals surface area contributed by atoms with Crippen LogP contribution in [0.3, 0.4) is 0 Å². The van der Waals surface area contributed by atoms with Crippen molar-refractivity contribution < 1.29 is 9.66 Å². The lowest BCUT2D eigenvalue weighted by Crippen LogP contribution is -2.07. The van der Waals surface area contributed by atoms with Crippen LogP contribution < -0.4 is 10.1 Å². The summed E-state index contributed by atoms with van der Waals surface area (Å²) in [5.74, 6) is 0.844. The molecular formula is C12H18N2O3. The van der Waals surface area contributed by atoms with E-state index in [-0.39, 0.29) is 11.4 Å². The van der Waals surface area contributed by atoms with Crippen LogP contribution in [0.25, 0.3) is 0 Å². The number of nitro groups is 1. The molecule has 5 nitrogen and oxygen atoms in total. The van der Waals surface area contributed by atoms with E-state index in [9.17, 15) is 10.1 Å². The van der Waals surface area contributed by atoms with E-state index in [1.807, 2.05) is 0 Å². The second kappa shape index (κ2) is 6.08. The Kier molecular flexibility index (Phi) is 4.75. The van der Waals surface area contributed by atoms with E-state index in [2.05, 4.69) is 19.2 Å². The molecule has 0 aliphatic heterocycles. The molecule has 0 saturated carbocycles. The van der Waals surface area contributed by atoms with Crippen molar-refractivity contribution >= 4 is 11.4 Å². The number of para-hydroxylation sites is 1. The van der Waals surface area contributed by atoms with Crippen LogP contribution in [0.1, 0.15) is 20.3 Å². The second-order valence-corrected chi connectivity index (χ2v) is 4.22. The summed E-state index contributed by atoms with van der Waals surface area (Å²) in [7, 11) is 1.43. The number of rotatable bonds is 6. The summed E-state index contributed by atoms with van der Waals surface area (Å²) in [6.07, 6.45) is 0.967. The van der Waals surface area contributed by atoms with Gasteiger partial charge in [-0.1, -0.05) is 19.9 Å². The summed E-state index contributed by atoms with van der Waals surface area (Å²) < 4.78 is 4.99. The van der Waals surface area contributed by atoms with Crippen LogP contribution >= 0.6 is 0 Å². The number of hydrogen-bond donors (Lipinski definition) is 1. The highest BCUT2D eigenvalue weighted by Gasteiger charge is 2.19. The maximum absolute atomic E-state index is 11.0. The number of nitrogens with zero attached hydrogens (tertiary/aromatic N) is 1. The van der Waals surface area contributed by atoms with Gasteiger partial charge in [0.05, 0.1) is 12.0 Å². The minimum Gasteiger partial charge on any atom is -0.490 e. The molecule has 1 rings (SSSR count). The first-order valence-electron chi connectivity index (χ1n) is 5.61. The molecule has 0 aliphatic rings. The zero-order valence-corrected chi connectivity index (χ0v) is 10.4. The second-order valence-electron chi connectivity index (χ2n) is 4.22. The predicted octanol–water partition coefficient (Wildman–Crippen LogP) is 3.06. The monoisotopic (exact) mass is 238 g/mol. The van der Waals surface area contributed by atoms with Gasteiger partial charge in [0.15, 0.2) is 5.75 Å². The zero-order chi connectivity index (χ0) is 12.8. The first-order chi connectivity index (χ1) is 8.06. The summed E-state index contributed by atoms with van der Waals surface area (Å²) in [6, 6.07) is 5.02. The van der Waals surface area contributed by atoms with Crippen molar-refractivity contribution in [2.75, 3.05) is 19.0 Å². The Morgan fingerprint density at radius 3 is 2.71 bits per heavy atom. The van der Waals surface area contributed by atoms with Crippen LogP contribution in [0.4, 0.5) is 11.4 Å². The quantitative estimate of drug-likeness (QED) is 0.611. The fraction of sp³-hybridized carbons (Fsp3) is 0.500. The van der Waals surface area contributed by atoms with E-state index in [1.54, 1.807) is 18.2 Å². The highest BCUT2D eigenvalue weighted by atomic mass is 16.6. The standard InChI is InChI=1S/C12H18N2O3/c1-9(2)7-8-13-10-5-4-6-11(17-3)12(10)14(15)16/h4-6,9,13H,7-8H2,1-3H3. The lowest BCUT2D eigenvalue weighted by molar-refractivity contribution is -0.384. The van der Waals surface area contributed by atoms with Crippen molar-refractivity contribution in [3.63, 3.8) is 0 Å². The van der Waals surface area contributed by atoms with E-state index in [0.29, 0.717) is 18.2 Å². The largest absolute Gasteiger partial charge is 0.490 e. The van der Waals surface area contributed by atoms with Crippen LogP contribution in [0, 0.1) is 16.0 Å². The van der Waals surface area contributed by atoms with Crippen molar-refractivity contribution in [1.29, 1.82) is 0 Å². The molecule has 0 radical (unpaired) electrons. The topological polar surface area (TPSA) is 64.4 Å². The fourth-order valence-electron chi connectivity index (χ4n) is 1.51. The first-order valence-corrected chi connectivity index (χ1v) is 5.61. The third-order valence-electron chi connectivity index (χ3n) is 2.44. The Labute approximate surface area is 101 Å². The molecule has 1 aromatic carbocycles. The van der Waals surface area contributed by atoms with Gasteiger partial charge in [-0.15, -0.1) is 0 Å². The lowest BCUT2D eigenvalue weighted by atomic mass is 10.1. The van der Waals surface area contributed by atoms with Crippen molar-refractivity contribution in [2.45, 2.75) is 20.3 Å². The van der Waals surface area contributed by atoms with Gasteiger partial charge in [-0.3, -0.25) is 10.1 Å². The highest BCUT2D eigenvalue weighted by molar-refractivity contribution is 5.68. The molecule has 0 saturated heterocycles. The summed E-state index contributed by atoms with van der Waals surface area (Å²) in [5, 5.41) is 14.1. The Bertz CT molecular complexity index is 391. The molecule has 0 spiro atoms. The fourth-order valence-corrected chi connectivity index (χ4v) is 1.51. The third kappa shape index (κ3) is 3.62. The number of benzene rings is 1. The Balaban J connectivity index is 2.87. The van der Waals surface area contributed by atoms with E-state index in [0.717, 1.165) is 6.42 Å². The van der Waals surface area contributed by atoms with Gasteiger partial charge in [-0.2, -0.15) is 0 Å². The molecule has 0 aromatic heterocycles. The molecule has 0 heterocycles. The van der Waals surface area contributed by atoms with Gasteiger partial charge in [0, 0.05) is 6.54 Å². The maximum Gasteiger partial charge on any atom is 0.333 e. The average molecular weight is 238 g/mol. The van der Waals surface area contributed by atoms with Crippen molar-refractivity contribution in [3.05, 3.63) is 28.3 Å². The highest BCUT2D eigenvalue weighted by Crippen LogP contribution is 2.34. The Morgan fingerprint density at radius 1 is 1.47 bits per heavy atom. The zero-order valence-electron chi connectivity index (χ0n) is 10.4. The molecule has 17 heavy (non-hydrogen) atoms. The molecule has 0 fully saturated rings. The smallest absolute Gasteiger partial charge is 0.333 e. The molecule has 0 aliphatic carbocycles. The number of anilines is 1. The summed E-state index contributed by atoms with van der Waals surface area (Å²) in [5.41, 5.74) is 0.508. The third-order valence-corrected chi connectivity index (χ3v) is 2.44. The molecule has 94 valence electrons. The van der Waals surface area contributed by atoms with Gasteiger partial charge in [-0.25, -0.2) is 0 Å². The summed E-state index contributed by atoms with van der Waals surface area (Å²) in [6.45, 7) is 4.94. The first kappa shape index (κ1) is 13.3. The number of nitro benzene ring substituents is 1. The van der Waals surface area contributed by atoms with E-state index >= 15 is 0 Å².